The normalized spacial score (nSPS) is 10.5. The molecule has 0 amide bonds. The Morgan fingerprint density at radius 3 is 2.36 bits per heavy atom. The fourth-order valence-electron chi connectivity index (χ4n) is 1.30. The van der Waals surface area contributed by atoms with Crippen molar-refractivity contribution >= 4 is 5.69 Å². The van der Waals surface area contributed by atoms with Crippen LogP contribution in [-0.4, -0.2) is 0 Å². The monoisotopic (exact) mass is 149 g/mol. The zero-order chi connectivity index (χ0) is 8.43. The third-order valence-corrected chi connectivity index (χ3v) is 2.04. The van der Waals surface area contributed by atoms with Gasteiger partial charge < -0.3 is 5.73 Å². The van der Waals surface area contributed by atoms with Crippen molar-refractivity contribution in [2.45, 2.75) is 26.7 Å². The van der Waals surface area contributed by atoms with Crippen molar-refractivity contribution in [1.82, 2.24) is 0 Å². The van der Waals surface area contributed by atoms with Crippen molar-refractivity contribution in [2.24, 2.45) is 0 Å². The molecule has 0 aliphatic heterocycles. The van der Waals surface area contributed by atoms with Gasteiger partial charge in [-0.3, -0.25) is 0 Å². The van der Waals surface area contributed by atoms with Crippen molar-refractivity contribution in [3.05, 3.63) is 29.3 Å². The maximum atomic E-state index is 5.76. The van der Waals surface area contributed by atoms with Gasteiger partial charge in [-0.25, -0.2) is 0 Å². The summed E-state index contributed by atoms with van der Waals surface area (Å²) in [5.74, 6) is 0.568. The van der Waals surface area contributed by atoms with Gasteiger partial charge in [-0.1, -0.05) is 26.0 Å². The van der Waals surface area contributed by atoms with Crippen LogP contribution in [0.5, 0.6) is 0 Å². The van der Waals surface area contributed by atoms with Gasteiger partial charge in [0.25, 0.3) is 0 Å². The zero-order valence-electron chi connectivity index (χ0n) is 7.39. The Hall–Kier alpha value is -0.980. The maximum Gasteiger partial charge on any atom is 0.0346 e. The highest BCUT2D eigenvalue weighted by atomic mass is 14.6. The molecule has 0 aliphatic carbocycles. The second-order valence-corrected chi connectivity index (χ2v) is 3.22. The summed E-state index contributed by atoms with van der Waals surface area (Å²) in [7, 11) is 0. The fourth-order valence-corrected chi connectivity index (χ4v) is 1.30. The fraction of sp³-hybridized carbons (Fsp3) is 0.400. The molecule has 1 nitrogen and oxygen atoms in total. The van der Waals surface area contributed by atoms with E-state index in [2.05, 4.69) is 26.8 Å². The van der Waals surface area contributed by atoms with Gasteiger partial charge in [0.05, 0.1) is 0 Å². The summed E-state index contributed by atoms with van der Waals surface area (Å²) in [5.41, 5.74) is 9.23. The lowest BCUT2D eigenvalue weighted by atomic mass is 9.97. The second-order valence-electron chi connectivity index (χ2n) is 3.22. The Balaban J connectivity index is 3.17. The van der Waals surface area contributed by atoms with Crippen LogP contribution in [0.25, 0.3) is 0 Å². The van der Waals surface area contributed by atoms with Gasteiger partial charge in [0, 0.05) is 5.69 Å². The lowest BCUT2D eigenvalue weighted by Crippen LogP contribution is -1.96. The molecule has 0 aliphatic rings. The second kappa shape index (κ2) is 2.95. The SMILES string of the molecule is Cc1c(N)cccc1C(C)C. The van der Waals surface area contributed by atoms with Crippen molar-refractivity contribution in [2.75, 3.05) is 5.73 Å². The number of hydrogen-bond donors (Lipinski definition) is 1. The highest BCUT2D eigenvalue weighted by Crippen LogP contribution is 2.22. The Morgan fingerprint density at radius 2 is 1.91 bits per heavy atom. The first-order chi connectivity index (χ1) is 5.13. The van der Waals surface area contributed by atoms with Crippen LogP contribution in [0.15, 0.2) is 18.2 Å². The summed E-state index contributed by atoms with van der Waals surface area (Å²) in [6.45, 7) is 6.44. The molecule has 11 heavy (non-hydrogen) atoms. The predicted molar refractivity (Wildman–Crippen MR) is 49.7 cm³/mol. The molecule has 1 rings (SSSR count). The first-order valence-electron chi connectivity index (χ1n) is 3.98. The van der Waals surface area contributed by atoms with E-state index >= 15 is 0 Å². The molecule has 0 spiro atoms. The number of hydrogen-bond acceptors (Lipinski definition) is 1. The molecule has 0 unspecified atom stereocenters. The lowest BCUT2D eigenvalue weighted by Gasteiger charge is -2.10. The minimum Gasteiger partial charge on any atom is -0.399 e. The minimum absolute atomic E-state index is 0.568. The Morgan fingerprint density at radius 1 is 1.27 bits per heavy atom. The summed E-state index contributed by atoms with van der Waals surface area (Å²) in [4.78, 5) is 0. The van der Waals surface area contributed by atoms with Gasteiger partial charge in [-0.05, 0) is 30.0 Å². The zero-order valence-corrected chi connectivity index (χ0v) is 7.39. The summed E-state index contributed by atoms with van der Waals surface area (Å²) in [6, 6.07) is 6.09. The lowest BCUT2D eigenvalue weighted by molar-refractivity contribution is 0.857. The van der Waals surface area contributed by atoms with Gasteiger partial charge in [0.2, 0.25) is 0 Å². The van der Waals surface area contributed by atoms with Crippen LogP contribution in [0.1, 0.15) is 30.9 Å². The van der Waals surface area contributed by atoms with E-state index < -0.39 is 0 Å². The average Bonchev–Trinajstić information content (AvgIpc) is 1.94. The van der Waals surface area contributed by atoms with E-state index in [1.54, 1.807) is 0 Å². The molecule has 0 aromatic heterocycles. The summed E-state index contributed by atoms with van der Waals surface area (Å²) in [5, 5.41) is 0. The summed E-state index contributed by atoms with van der Waals surface area (Å²) < 4.78 is 0. The molecule has 0 bridgehead atoms. The van der Waals surface area contributed by atoms with Crippen LogP contribution >= 0.6 is 0 Å². The Labute approximate surface area is 68.2 Å². The number of rotatable bonds is 1. The van der Waals surface area contributed by atoms with E-state index in [9.17, 15) is 0 Å². The number of benzene rings is 1. The first kappa shape index (κ1) is 8.12. The van der Waals surface area contributed by atoms with Crippen LogP contribution in [-0.2, 0) is 0 Å². The molecule has 1 aromatic rings. The molecule has 0 saturated carbocycles. The maximum absolute atomic E-state index is 5.76. The van der Waals surface area contributed by atoms with Gasteiger partial charge in [-0.15, -0.1) is 0 Å². The number of nitrogen functional groups attached to an aromatic ring is 1. The molecular weight excluding hydrogens is 134 g/mol. The van der Waals surface area contributed by atoms with Crippen molar-refractivity contribution in [3.63, 3.8) is 0 Å². The molecule has 0 heterocycles. The molecular formula is C10H15N. The van der Waals surface area contributed by atoms with Crippen molar-refractivity contribution < 1.29 is 0 Å². The van der Waals surface area contributed by atoms with E-state index in [1.165, 1.54) is 11.1 Å². The largest absolute Gasteiger partial charge is 0.399 e. The van der Waals surface area contributed by atoms with Gasteiger partial charge >= 0.3 is 0 Å². The van der Waals surface area contributed by atoms with E-state index in [4.69, 9.17) is 5.73 Å². The van der Waals surface area contributed by atoms with Crippen LogP contribution in [0.3, 0.4) is 0 Å². The summed E-state index contributed by atoms with van der Waals surface area (Å²) >= 11 is 0. The first-order valence-corrected chi connectivity index (χ1v) is 3.98. The molecule has 0 saturated heterocycles. The Kier molecular flexibility index (Phi) is 2.18. The highest BCUT2D eigenvalue weighted by Gasteiger charge is 2.03. The highest BCUT2D eigenvalue weighted by molar-refractivity contribution is 5.50. The average molecular weight is 149 g/mol. The molecule has 0 fully saturated rings. The topological polar surface area (TPSA) is 26.0 Å². The minimum atomic E-state index is 0.568. The van der Waals surface area contributed by atoms with Crippen LogP contribution in [0.2, 0.25) is 0 Å². The van der Waals surface area contributed by atoms with Crippen molar-refractivity contribution in [3.8, 4) is 0 Å². The summed E-state index contributed by atoms with van der Waals surface area (Å²) in [6.07, 6.45) is 0. The molecule has 1 heteroatoms. The number of anilines is 1. The third-order valence-electron chi connectivity index (χ3n) is 2.04. The number of nitrogens with two attached hydrogens (primary N) is 1. The van der Waals surface area contributed by atoms with Crippen LogP contribution < -0.4 is 5.73 Å². The van der Waals surface area contributed by atoms with Gasteiger partial charge in [0.15, 0.2) is 0 Å². The van der Waals surface area contributed by atoms with Gasteiger partial charge in [-0.2, -0.15) is 0 Å². The smallest absolute Gasteiger partial charge is 0.0346 e. The standard InChI is InChI=1S/C10H15N/c1-7(2)9-5-4-6-10(11)8(9)3/h4-7H,11H2,1-3H3. The molecule has 0 radical (unpaired) electrons. The van der Waals surface area contributed by atoms with E-state index in [1.807, 2.05) is 12.1 Å². The third kappa shape index (κ3) is 1.53. The van der Waals surface area contributed by atoms with Crippen LogP contribution in [0, 0.1) is 6.92 Å². The molecule has 0 atom stereocenters. The van der Waals surface area contributed by atoms with E-state index in [0.717, 1.165) is 5.69 Å². The van der Waals surface area contributed by atoms with E-state index in [0.29, 0.717) is 5.92 Å². The van der Waals surface area contributed by atoms with Gasteiger partial charge in [0.1, 0.15) is 0 Å². The molecule has 1 aromatic carbocycles. The van der Waals surface area contributed by atoms with Crippen LogP contribution in [0.4, 0.5) is 5.69 Å². The molecule has 2 N–H and O–H groups in total. The Bertz CT molecular complexity index is 251. The quantitative estimate of drug-likeness (QED) is 0.610. The molecule has 60 valence electrons. The predicted octanol–water partition coefficient (Wildman–Crippen LogP) is 2.70. The van der Waals surface area contributed by atoms with Crippen molar-refractivity contribution in [1.29, 1.82) is 0 Å². The van der Waals surface area contributed by atoms with E-state index in [-0.39, 0.29) is 0 Å².